The lowest BCUT2D eigenvalue weighted by molar-refractivity contribution is 0.0734. The maximum Gasteiger partial charge on any atom is 0.343 e. The largest absolute Gasteiger partial charge is 0.496 e. The molecule has 0 aromatic heterocycles. The van der Waals surface area contributed by atoms with E-state index in [-0.39, 0.29) is 16.2 Å². The molecule has 0 spiro atoms. The van der Waals surface area contributed by atoms with Crippen molar-refractivity contribution in [2.45, 2.75) is 18.7 Å². The van der Waals surface area contributed by atoms with Gasteiger partial charge in [0.15, 0.2) is 0 Å². The van der Waals surface area contributed by atoms with Gasteiger partial charge in [0, 0.05) is 31.3 Å². The number of ether oxygens (including phenoxy) is 3. The maximum atomic E-state index is 12.5. The van der Waals surface area contributed by atoms with Crippen LogP contribution in [0.3, 0.4) is 0 Å². The number of esters is 1. The van der Waals surface area contributed by atoms with Gasteiger partial charge >= 0.3 is 5.97 Å². The Kier molecular flexibility index (Phi) is 6.81. The van der Waals surface area contributed by atoms with Crippen LogP contribution < -0.4 is 14.2 Å². The first-order valence-electron chi connectivity index (χ1n) is 8.41. The number of hydrogen-bond acceptors (Lipinski definition) is 6. The third-order valence-corrected chi connectivity index (χ3v) is 6.03. The van der Waals surface area contributed by atoms with Gasteiger partial charge in [0.1, 0.15) is 17.2 Å². The summed E-state index contributed by atoms with van der Waals surface area (Å²) < 4.78 is 41.9. The van der Waals surface area contributed by atoms with E-state index >= 15 is 0 Å². The fourth-order valence-corrected chi connectivity index (χ4v) is 3.94. The average Bonchev–Trinajstić information content (AvgIpc) is 2.68. The summed E-state index contributed by atoms with van der Waals surface area (Å²) in [6.07, 6.45) is 0. The zero-order valence-corrected chi connectivity index (χ0v) is 16.6. The molecule has 0 aliphatic carbocycles. The van der Waals surface area contributed by atoms with Crippen LogP contribution in [0, 0.1) is 0 Å². The average molecular weight is 393 g/mol. The molecule has 0 amide bonds. The Morgan fingerprint density at radius 2 is 1.37 bits per heavy atom. The summed E-state index contributed by atoms with van der Waals surface area (Å²) in [5.74, 6) is 0.615. The number of nitrogens with zero attached hydrogens (tertiary/aromatic N) is 1. The standard InChI is InChI=1S/C19H23NO6S/c1-5-20(6-2)27(22,23)18-9-7-14(8-10-18)19(21)26-17-12-15(24-3)11-16(13-17)25-4/h7-13H,5-6H2,1-4H3. The van der Waals surface area contributed by atoms with Gasteiger partial charge in [-0.05, 0) is 24.3 Å². The molecule has 146 valence electrons. The number of sulfonamides is 1. The van der Waals surface area contributed by atoms with Gasteiger partial charge in [0.25, 0.3) is 0 Å². The van der Waals surface area contributed by atoms with Crippen molar-refractivity contribution in [2.75, 3.05) is 27.3 Å². The maximum absolute atomic E-state index is 12.5. The molecule has 2 aromatic rings. The van der Waals surface area contributed by atoms with Crippen LogP contribution in [0.15, 0.2) is 47.4 Å². The van der Waals surface area contributed by atoms with E-state index in [0.29, 0.717) is 24.6 Å². The molecule has 0 atom stereocenters. The monoisotopic (exact) mass is 393 g/mol. The molecule has 0 aliphatic rings. The molecule has 0 bridgehead atoms. The van der Waals surface area contributed by atoms with Gasteiger partial charge in [-0.15, -0.1) is 0 Å². The highest BCUT2D eigenvalue weighted by Gasteiger charge is 2.22. The highest BCUT2D eigenvalue weighted by Crippen LogP contribution is 2.28. The molecule has 2 rings (SSSR count). The van der Waals surface area contributed by atoms with Crippen LogP contribution in [0.5, 0.6) is 17.2 Å². The molecule has 8 heteroatoms. The molecule has 2 aromatic carbocycles. The van der Waals surface area contributed by atoms with E-state index in [9.17, 15) is 13.2 Å². The summed E-state index contributed by atoms with van der Waals surface area (Å²) in [6, 6.07) is 10.4. The van der Waals surface area contributed by atoms with Crippen LogP contribution in [0.25, 0.3) is 0 Å². The fraction of sp³-hybridized carbons (Fsp3) is 0.316. The summed E-state index contributed by atoms with van der Waals surface area (Å²) in [6.45, 7) is 4.30. The Labute approximate surface area is 159 Å². The molecule has 0 radical (unpaired) electrons. The van der Waals surface area contributed by atoms with Crippen molar-refractivity contribution in [3.05, 3.63) is 48.0 Å². The molecule has 0 aliphatic heterocycles. The lowest BCUT2D eigenvalue weighted by atomic mass is 10.2. The van der Waals surface area contributed by atoms with E-state index < -0.39 is 16.0 Å². The van der Waals surface area contributed by atoms with Gasteiger partial charge < -0.3 is 14.2 Å². The van der Waals surface area contributed by atoms with Crippen LogP contribution in [0.4, 0.5) is 0 Å². The van der Waals surface area contributed by atoms with Gasteiger partial charge in [-0.2, -0.15) is 4.31 Å². The summed E-state index contributed by atoms with van der Waals surface area (Å²) in [7, 11) is -0.581. The third-order valence-electron chi connectivity index (χ3n) is 3.97. The fourth-order valence-electron chi connectivity index (χ4n) is 2.48. The van der Waals surface area contributed by atoms with Crippen molar-refractivity contribution in [1.82, 2.24) is 4.31 Å². The predicted octanol–water partition coefficient (Wildman–Crippen LogP) is 2.95. The van der Waals surface area contributed by atoms with Gasteiger partial charge in [-0.25, -0.2) is 13.2 Å². The molecule has 0 heterocycles. The van der Waals surface area contributed by atoms with Crippen LogP contribution in [0.2, 0.25) is 0 Å². The molecular weight excluding hydrogens is 370 g/mol. The molecule has 0 unspecified atom stereocenters. The van der Waals surface area contributed by atoms with Crippen molar-refractivity contribution in [3.8, 4) is 17.2 Å². The minimum absolute atomic E-state index is 0.130. The summed E-state index contributed by atoms with van der Waals surface area (Å²) in [4.78, 5) is 12.5. The molecule has 0 fully saturated rings. The first-order chi connectivity index (χ1) is 12.8. The molecule has 27 heavy (non-hydrogen) atoms. The smallest absolute Gasteiger partial charge is 0.343 e. The Balaban J connectivity index is 2.21. The SMILES string of the molecule is CCN(CC)S(=O)(=O)c1ccc(C(=O)Oc2cc(OC)cc(OC)c2)cc1. The van der Waals surface area contributed by atoms with Gasteiger partial charge in [0.2, 0.25) is 10.0 Å². The highest BCUT2D eigenvalue weighted by molar-refractivity contribution is 7.89. The lowest BCUT2D eigenvalue weighted by Gasteiger charge is -2.18. The molecule has 0 saturated carbocycles. The molecular formula is C19H23NO6S. The van der Waals surface area contributed by atoms with Crippen molar-refractivity contribution in [1.29, 1.82) is 0 Å². The number of carbonyl (C=O) groups excluding carboxylic acids is 1. The zero-order valence-electron chi connectivity index (χ0n) is 15.8. The highest BCUT2D eigenvalue weighted by atomic mass is 32.2. The van der Waals surface area contributed by atoms with E-state index in [0.717, 1.165) is 0 Å². The number of carbonyl (C=O) groups is 1. The number of rotatable bonds is 8. The van der Waals surface area contributed by atoms with E-state index in [1.165, 1.54) is 42.8 Å². The zero-order chi connectivity index (χ0) is 20.0. The van der Waals surface area contributed by atoms with Gasteiger partial charge in [-0.3, -0.25) is 0 Å². The Bertz CT molecular complexity index is 867. The lowest BCUT2D eigenvalue weighted by Crippen LogP contribution is -2.30. The minimum atomic E-state index is -3.57. The molecule has 7 nitrogen and oxygen atoms in total. The Morgan fingerprint density at radius 1 is 0.889 bits per heavy atom. The predicted molar refractivity (Wildman–Crippen MR) is 101 cm³/mol. The van der Waals surface area contributed by atoms with Crippen molar-refractivity contribution in [3.63, 3.8) is 0 Å². The van der Waals surface area contributed by atoms with E-state index in [1.807, 2.05) is 0 Å². The topological polar surface area (TPSA) is 82.1 Å². The van der Waals surface area contributed by atoms with Crippen molar-refractivity contribution < 1.29 is 27.4 Å². The summed E-state index contributed by atoms with van der Waals surface area (Å²) in [5.41, 5.74) is 0.232. The van der Waals surface area contributed by atoms with Crippen LogP contribution in [0.1, 0.15) is 24.2 Å². The van der Waals surface area contributed by atoms with Gasteiger partial charge in [-0.1, -0.05) is 13.8 Å². The van der Waals surface area contributed by atoms with Crippen LogP contribution in [-0.4, -0.2) is 46.0 Å². The second kappa shape index (κ2) is 8.88. The quantitative estimate of drug-likeness (QED) is 0.507. The Hall–Kier alpha value is -2.58. The second-order valence-electron chi connectivity index (χ2n) is 5.55. The second-order valence-corrected chi connectivity index (χ2v) is 7.49. The van der Waals surface area contributed by atoms with Gasteiger partial charge in [0.05, 0.1) is 24.7 Å². The van der Waals surface area contributed by atoms with E-state index in [2.05, 4.69) is 0 Å². The van der Waals surface area contributed by atoms with Crippen LogP contribution >= 0.6 is 0 Å². The Morgan fingerprint density at radius 3 is 1.81 bits per heavy atom. The van der Waals surface area contributed by atoms with Crippen molar-refractivity contribution >= 4 is 16.0 Å². The summed E-state index contributed by atoms with van der Waals surface area (Å²) >= 11 is 0. The molecule has 0 saturated heterocycles. The van der Waals surface area contributed by atoms with Crippen LogP contribution in [-0.2, 0) is 10.0 Å². The first kappa shape index (κ1) is 20.7. The van der Waals surface area contributed by atoms with E-state index in [4.69, 9.17) is 14.2 Å². The summed E-state index contributed by atoms with van der Waals surface area (Å²) in [5, 5.41) is 0. The number of methoxy groups -OCH3 is 2. The van der Waals surface area contributed by atoms with E-state index in [1.54, 1.807) is 32.0 Å². The normalized spacial score (nSPS) is 11.3. The first-order valence-corrected chi connectivity index (χ1v) is 9.85. The molecule has 0 N–H and O–H groups in total. The minimum Gasteiger partial charge on any atom is -0.496 e. The van der Waals surface area contributed by atoms with Crippen molar-refractivity contribution in [2.24, 2.45) is 0 Å². The third kappa shape index (κ3) is 4.78. The number of benzene rings is 2. The number of hydrogen-bond donors (Lipinski definition) is 0.